The highest BCUT2D eigenvalue weighted by atomic mass is 16.5. The van der Waals surface area contributed by atoms with Crippen LogP contribution < -0.4 is 5.56 Å². The summed E-state index contributed by atoms with van der Waals surface area (Å²) in [5, 5.41) is 9.44. The molecule has 0 amide bonds. The van der Waals surface area contributed by atoms with Crippen LogP contribution in [-0.2, 0) is 4.74 Å². The molecule has 1 aliphatic rings. The smallest absolute Gasteiger partial charge is 0.258 e. The molecule has 1 fully saturated rings. The molecule has 0 spiro atoms. The van der Waals surface area contributed by atoms with Crippen molar-refractivity contribution in [2.75, 3.05) is 26.3 Å². The second-order valence-corrected chi connectivity index (χ2v) is 6.33. The molecule has 130 valence electrons. The fraction of sp³-hybridized carbons (Fsp3) is 0.556. The first-order chi connectivity index (χ1) is 11.7. The van der Waals surface area contributed by atoms with Crippen LogP contribution in [0.5, 0.6) is 0 Å². The highest BCUT2D eigenvalue weighted by molar-refractivity contribution is 5.77. The molecule has 1 aromatic carbocycles. The summed E-state index contributed by atoms with van der Waals surface area (Å²) in [5.41, 5.74) is 0.662. The Hall–Kier alpha value is -1.76. The summed E-state index contributed by atoms with van der Waals surface area (Å²) < 4.78 is 5.77. The van der Waals surface area contributed by atoms with Crippen molar-refractivity contribution < 1.29 is 9.84 Å². The number of piperidine rings is 1. The van der Waals surface area contributed by atoms with Gasteiger partial charge in [0.15, 0.2) is 0 Å². The summed E-state index contributed by atoms with van der Waals surface area (Å²) in [5.74, 6) is 0.721. The monoisotopic (exact) mass is 331 g/mol. The van der Waals surface area contributed by atoms with Gasteiger partial charge >= 0.3 is 0 Å². The van der Waals surface area contributed by atoms with Crippen LogP contribution in [0.3, 0.4) is 0 Å². The number of aromatic amines is 1. The third kappa shape index (κ3) is 3.83. The van der Waals surface area contributed by atoms with Crippen molar-refractivity contribution in [3.05, 3.63) is 40.4 Å². The van der Waals surface area contributed by atoms with E-state index in [2.05, 4.69) is 21.8 Å². The van der Waals surface area contributed by atoms with Gasteiger partial charge in [0, 0.05) is 26.3 Å². The average molecular weight is 331 g/mol. The molecule has 0 radical (unpaired) electrons. The molecule has 1 aromatic heterocycles. The number of fused-ring (bicyclic) bond motifs is 1. The number of H-pyrrole nitrogens is 1. The number of benzene rings is 1. The van der Waals surface area contributed by atoms with Gasteiger partial charge in [0.05, 0.1) is 23.0 Å². The molecule has 1 atom stereocenters. The van der Waals surface area contributed by atoms with Crippen LogP contribution in [-0.4, -0.2) is 52.4 Å². The lowest BCUT2D eigenvalue weighted by molar-refractivity contribution is -0.00582. The van der Waals surface area contributed by atoms with Crippen molar-refractivity contribution in [3.8, 4) is 0 Å². The Bertz CT molecular complexity index is 723. The molecular weight excluding hydrogens is 306 g/mol. The molecule has 6 heteroatoms. The maximum Gasteiger partial charge on any atom is 0.258 e. The maximum atomic E-state index is 12.2. The molecule has 2 heterocycles. The standard InChI is InChI=1S/C18H25N3O3/c1-13(21-9-7-14(8-10-21)24-12-4-11-22)17-19-16-6-3-2-5-15(16)18(23)20-17/h2-3,5-6,13-14,22H,4,7-12H2,1H3,(H,19,20,23). The number of likely N-dealkylation sites (tertiary alicyclic amines) is 1. The number of para-hydroxylation sites is 1. The van der Waals surface area contributed by atoms with E-state index in [-0.39, 0.29) is 24.3 Å². The van der Waals surface area contributed by atoms with Crippen LogP contribution in [0.4, 0.5) is 0 Å². The molecule has 6 nitrogen and oxygen atoms in total. The molecule has 0 aliphatic carbocycles. The number of hydrogen-bond donors (Lipinski definition) is 2. The zero-order valence-corrected chi connectivity index (χ0v) is 14.1. The lowest BCUT2D eigenvalue weighted by Gasteiger charge is -2.35. The van der Waals surface area contributed by atoms with Gasteiger partial charge in [-0.1, -0.05) is 12.1 Å². The van der Waals surface area contributed by atoms with Gasteiger partial charge in [-0.15, -0.1) is 0 Å². The predicted octanol–water partition coefficient (Wildman–Crippen LogP) is 1.85. The van der Waals surface area contributed by atoms with Gasteiger partial charge in [0.2, 0.25) is 0 Å². The molecule has 0 saturated carbocycles. The van der Waals surface area contributed by atoms with Crippen molar-refractivity contribution in [1.82, 2.24) is 14.9 Å². The molecule has 24 heavy (non-hydrogen) atoms. The van der Waals surface area contributed by atoms with Crippen molar-refractivity contribution in [1.29, 1.82) is 0 Å². The minimum atomic E-state index is -0.0790. The number of hydrogen-bond acceptors (Lipinski definition) is 5. The first kappa shape index (κ1) is 17.1. The fourth-order valence-electron chi connectivity index (χ4n) is 3.22. The van der Waals surface area contributed by atoms with E-state index in [1.54, 1.807) is 6.07 Å². The van der Waals surface area contributed by atoms with Crippen molar-refractivity contribution >= 4 is 10.9 Å². The summed E-state index contributed by atoms with van der Waals surface area (Å²) in [7, 11) is 0. The Kier molecular flexibility index (Phi) is 5.60. The number of nitrogens with zero attached hydrogens (tertiary/aromatic N) is 2. The maximum absolute atomic E-state index is 12.2. The number of nitrogens with one attached hydrogen (secondary N) is 1. The summed E-state index contributed by atoms with van der Waals surface area (Å²) in [4.78, 5) is 22.1. The first-order valence-electron chi connectivity index (χ1n) is 8.64. The molecule has 0 bridgehead atoms. The SMILES string of the molecule is CC(c1nc2ccccc2c(=O)[nH]1)N1CCC(OCCCO)CC1. The van der Waals surface area contributed by atoms with Crippen LogP contribution in [0, 0.1) is 0 Å². The Morgan fingerprint density at radius 1 is 1.38 bits per heavy atom. The average Bonchev–Trinajstić information content (AvgIpc) is 2.62. The van der Waals surface area contributed by atoms with Gasteiger partial charge < -0.3 is 14.8 Å². The van der Waals surface area contributed by atoms with Crippen LogP contribution >= 0.6 is 0 Å². The lowest BCUT2D eigenvalue weighted by Crippen LogP contribution is -2.39. The van der Waals surface area contributed by atoms with Gasteiger partial charge in [-0.3, -0.25) is 9.69 Å². The number of aromatic nitrogens is 2. The summed E-state index contributed by atoms with van der Waals surface area (Å²) in [6, 6.07) is 7.50. The highest BCUT2D eigenvalue weighted by Crippen LogP contribution is 2.23. The number of aliphatic hydroxyl groups excluding tert-OH is 1. The molecule has 2 aromatic rings. The summed E-state index contributed by atoms with van der Waals surface area (Å²) in [6.07, 6.45) is 2.89. The van der Waals surface area contributed by atoms with Crippen molar-refractivity contribution in [3.63, 3.8) is 0 Å². The largest absolute Gasteiger partial charge is 0.396 e. The summed E-state index contributed by atoms with van der Waals surface area (Å²) in [6.45, 7) is 4.72. The van der Waals surface area contributed by atoms with Gasteiger partial charge in [-0.2, -0.15) is 0 Å². The topological polar surface area (TPSA) is 78.5 Å². The highest BCUT2D eigenvalue weighted by Gasteiger charge is 2.25. The predicted molar refractivity (Wildman–Crippen MR) is 93.0 cm³/mol. The van der Waals surface area contributed by atoms with E-state index < -0.39 is 0 Å². The van der Waals surface area contributed by atoms with E-state index in [4.69, 9.17) is 9.84 Å². The van der Waals surface area contributed by atoms with Crippen molar-refractivity contribution in [2.45, 2.75) is 38.3 Å². The molecule has 1 saturated heterocycles. The molecule has 1 aliphatic heterocycles. The van der Waals surface area contributed by atoms with Gasteiger partial charge in [0.1, 0.15) is 5.82 Å². The Balaban J connectivity index is 1.65. The molecule has 2 N–H and O–H groups in total. The zero-order valence-electron chi connectivity index (χ0n) is 14.1. The van der Waals surface area contributed by atoms with Crippen LogP contribution in [0.2, 0.25) is 0 Å². The van der Waals surface area contributed by atoms with Gasteiger partial charge in [-0.05, 0) is 38.3 Å². The van der Waals surface area contributed by atoms with Crippen LogP contribution in [0.25, 0.3) is 10.9 Å². The van der Waals surface area contributed by atoms with E-state index in [1.807, 2.05) is 18.2 Å². The Morgan fingerprint density at radius 2 is 2.12 bits per heavy atom. The van der Waals surface area contributed by atoms with E-state index in [0.717, 1.165) is 37.3 Å². The third-order valence-corrected chi connectivity index (χ3v) is 4.71. The Labute approximate surface area is 141 Å². The second kappa shape index (κ2) is 7.88. The molecule has 3 rings (SSSR count). The zero-order chi connectivity index (χ0) is 16.9. The quantitative estimate of drug-likeness (QED) is 0.790. The van der Waals surface area contributed by atoms with Crippen molar-refractivity contribution in [2.24, 2.45) is 0 Å². The Morgan fingerprint density at radius 3 is 2.88 bits per heavy atom. The summed E-state index contributed by atoms with van der Waals surface area (Å²) >= 11 is 0. The minimum absolute atomic E-state index is 0.0701. The number of ether oxygens (including phenoxy) is 1. The van der Waals surface area contributed by atoms with Crippen LogP contribution in [0.1, 0.15) is 38.1 Å². The van der Waals surface area contributed by atoms with E-state index in [0.29, 0.717) is 18.4 Å². The number of aliphatic hydroxyl groups is 1. The normalized spacial score (nSPS) is 18.1. The second-order valence-electron chi connectivity index (χ2n) is 6.33. The third-order valence-electron chi connectivity index (χ3n) is 4.71. The lowest BCUT2D eigenvalue weighted by atomic mass is 10.1. The van der Waals surface area contributed by atoms with Crippen LogP contribution in [0.15, 0.2) is 29.1 Å². The van der Waals surface area contributed by atoms with Gasteiger partial charge in [-0.25, -0.2) is 4.98 Å². The fourth-order valence-corrected chi connectivity index (χ4v) is 3.22. The van der Waals surface area contributed by atoms with E-state index in [1.165, 1.54) is 0 Å². The first-order valence-corrected chi connectivity index (χ1v) is 8.64. The molecular formula is C18H25N3O3. The van der Waals surface area contributed by atoms with E-state index in [9.17, 15) is 4.79 Å². The van der Waals surface area contributed by atoms with Gasteiger partial charge in [0.25, 0.3) is 5.56 Å². The number of rotatable bonds is 6. The molecule has 1 unspecified atom stereocenters. The van der Waals surface area contributed by atoms with E-state index >= 15 is 0 Å². The minimum Gasteiger partial charge on any atom is -0.396 e.